The van der Waals surface area contributed by atoms with Crippen LogP contribution in [0.5, 0.6) is 0 Å². The van der Waals surface area contributed by atoms with Crippen molar-refractivity contribution in [2.45, 2.75) is 51.7 Å². The third kappa shape index (κ3) is 3.46. The molecule has 3 rings (SSSR count). The highest BCUT2D eigenvalue weighted by Gasteiger charge is 2.35. The van der Waals surface area contributed by atoms with Crippen LogP contribution in [-0.2, 0) is 6.54 Å². The Hall–Kier alpha value is -0.930. The molecular weight excluding hydrogens is 263 g/mol. The summed E-state index contributed by atoms with van der Waals surface area (Å²) < 4.78 is 13.1. The van der Waals surface area contributed by atoms with Crippen LogP contribution in [0.15, 0.2) is 24.3 Å². The molecule has 3 heteroatoms. The van der Waals surface area contributed by atoms with Crippen molar-refractivity contribution in [1.29, 1.82) is 0 Å². The maximum absolute atomic E-state index is 13.1. The van der Waals surface area contributed by atoms with Crippen LogP contribution in [0.4, 0.5) is 4.39 Å². The Morgan fingerprint density at radius 1 is 1.14 bits per heavy atom. The summed E-state index contributed by atoms with van der Waals surface area (Å²) >= 11 is 0. The van der Waals surface area contributed by atoms with E-state index in [2.05, 4.69) is 23.6 Å². The van der Waals surface area contributed by atoms with E-state index in [0.717, 1.165) is 12.6 Å². The monoisotopic (exact) mass is 290 g/mol. The number of benzene rings is 1. The number of halogens is 1. The Morgan fingerprint density at radius 2 is 1.90 bits per heavy atom. The predicted molar refractivity (Wildman–Crippen MR) is 84.6 cm³/mol. The first-order valence-electron chi connectivity index (χ1n) is 8.36. The van der Waals surface area contributed by atoms with Gasteiger partial charge in [-0.3, -0.25) is 9.80 Å². The lowest BCUT2D eigenvalue weighted by Crippen LogP contribution is -2.60. The van der Waals surface area contributed by atoms with Gasteiger partial charge < -0.3 is 0 Å². The molecule has 2 heterocycles. The third-order valence-corrected chi connectivity index (χ3v) is 5.15. The van der Waals surface area contributed by atoms with Crippen LogP contribution >= 0.6 is 0 Å². The van der Waals surface area contributed by atoms with Crippen LogP contribution in [0, 0.1) is 11.7 Å². The van der Waals surface area contributed by atoms with Crippen LogP contribution in [0.3, 0.4) is 0 Å². The fourth-order valence-corrected chi connectivity index (χ4v) is 3.91. The molecule has 21 heavy (non-hydrogen) atoms. The largest absolute Gasteiger partial charge is 0.298 e. The van der Waals surface area contributed by atoms with E-state index in [-0.39, 0.29) is 5.82 Å². The van der Waals surface area contributed by atoms with Crippen LogP contribution < -0.4 is 0 Å². The van der Waals surface area contributed by atoms with Crippen molar-refractivity contribution >= 4 is 0 Å². The van der Waals surface area contributed by atoms with Crippen molar-refractivity contribution in [3.63, 3.8) is 0 Å². The van der Waals surface area contributed by atoms with Gasteiger partial charge in [-0.25, -0.2) is 4.39 Å². The molecule has 0 bridgehead atoms. The van der Waals surface area contributed by atoms with Gasteiger partial charge in [-0.15, -0.1) is 0 Å². The van der Waals surface area contributed by atoms with E-state index in [4.69, 9.17) is 0 Å². The van der Waals surface area contributed by atoms with Gasteiger partial charge in [0.1, 0.15) is 5.82 Å². The van der Waals surface area contributed by atoms with Crippen molar-refractivity contribution < 1.29 is 4.39 Å². The van der Waals surface area contributed by atoms with E-state index in [9.17, 15) is 4.39 Å². The second-order valence-corrected chi connectivity index (χ2v) is 7.01. The molecule has 2 aliphatic rings. The highest BCUT2D eigenvalue weighted by Crippen LogP contribution is 2.28. The summed E-state index contributed by atoms with van der Waals surface area (Å²) in [7, 11) is 0. The van der Waals surface area contributed by atoms with E-state index < -0.39 is 0 Å². The minimum absolute atomic E-state index is 0.142. The Kier molecular flexibility index (Phi) is 4.60. The average Bonchev–Trinajstić information content (AvgIpc) is 2.48. The molecule has 0 aromatic heterocycles. The Labute approximate surface area is 127 Å². The number of nitrogens with zero attached hydrogens (tertiary/aromatic N) is 2. The lowest BCUT2D eigenvalue weighted by atomic mass is 9.91. The highest BCUT2D eigenvalue weighted by atomic mass is 19.1. The maximum atomic E-state index is 13.1. The van der Waals surface area contributed by atoms with Crippen LogP contribution in [0.2, 0.25) is 0 Å². The van der Waals surface area contributed by atoms with Crippen LogP contribution in [0.25, 0.3) is 0 Å². The molecule has 0 spiro atoms. The Bertz CT molecular complexity index is 457. The molecule has 2 atom stereocenters. The van der Waals surface area contributed by atoms with Crippen LogP contribution in [-0.4, -0.2) is 41.5 Å². The number of hydrogen-bond acceptors (Lipinski definition) is 2. The van der Waals surface area contributed by atoms with Crippen molar-refractivity contribution in [2.24, 2.45) is 5.92 Å². The van der Waals surface area contributed by atoms with Gasteiger partial charge >= 0.3 is 0 Å². The van der Waals surface area contributed by atoms with Gasteiger partial charge in [0, 0.05) is 31.7 Å². The lowest BCUT2D eigenvalue weighted by molar-refractivity contribution is -0.0118. The summed E-state index contributed by atoms with van der Waals surface area (Å²) in [6.45, 7) is 9.24. The van der Waals surface area contributed by atoms with Crippen molar-refractivity contribution in [1.82, 2.24) is 9.80 Å². The minimum Gasteiger partial charge on any atom is -0.298 e. The van der Waals surface area contributed by atoms with Gasteiger partial charge in [-0.1, -0.05) is 32.4 Å². The molecule has 0 amide bonds. The fraction of sp³-hybridized carbons (Fsp3) is 0.667. The summed E-state index contributed by atoms with van der Waals surface area (Å²) in [5.41, 5.74) is 1.23. The van der Waals surface area contributed by atoms with Gasteiger partial charge in [-0.05, 0) is 43.0 Å². The fourth-order valence-electron chi connectivity index (χ4n) is 3.91. The average molecular weight is 290 g/mol. The number of piperidine rings is 1. The van der Waals surface area contributed by atoms with Gasteiger partial charge in [0.15, 0.2) is 0 Å². The minimum atomic E-state index is -0.142. The molecule has 2 saturated heterocycles. The smallest absolute Gasteiger partial charge is 0.123 e. The molecule has 2 unspecified atom stereocenters. The van der Waals surface area contributed by atoms with E-state index in [1.54, 1.807) is 12.1 Å². The standard InChI is InChI=1S/C18H27FN2/c1-14(2)18-13-20-10-4-3-5-17(20)12-21(18)11-15-6-8-16(19)9-7-15/h6-9,14,17-18H,3-5,10-13H2,1-2H3. The van der Waals surface area contributed by atoms with E-state index in [1.807, 2.05) is 12.1 Å². The van der Waals surface area contributed by atoms with Gasteiger partial charge in [0.2, 0.25) is 0 Å². The Morgan fingerprint density at radius 3 is 2.62 bits per heavy atom. The first-order chi connectivity index (χ1) is 10.1. The first kappa shape index (κ1) is 15.0. The van der Waals surface area contributed by atoms with Gasteiger partial charge in [-0.2, -0.15) is 0 Å². The quantitative estimate of drug-likeness (QED) is 0.840. The second-order valence-electron chi connectivity index (χ2n) is 7.01. The number of rotatable bonds is 3. The zero-order chi connectivity index (χ0) is 14.8. The zero-order valence-electron chi connectivity index (χ0n) is 13.3. The summed E-state index contributed by atoms with van der Waals surface area (Å²) in [6.07, 6.45) is 4.07. The van der Waals surface area contributed by atoms with Crippen molar-refractivity contribution in [2.75, 3.05) is 19.6 Å². The lowest BCUT2D eigenvalue weighted by Gasteiger charge is -2.50. The SMILES string of the molecule is CC(C)C1CN2CCCCC2CN1Cc1ccc(F)cc1. The van der Waals surface area contributed by atoms with Crippen molar-refractivity contribution in [3.8, 4) is 0 Å². The summed E-state index contributed by atoms with van der Waals surface area (Å²) in [5, 5.41) is 0. The molecular formula is C18H27FN2. The normalized spacial score (nSPS) is 27.8. The summed E-state index contributed by atoms with van der Waals surface area (Å²) in [4.78, 5) is 5.33. The summed E-state index contributed by atoms with van der Waals surface area (Å²) in [5.74, 6) is 0.518. The second kappa shape index (κ2) is 6.45. The molecule has 0 radical (unpaired) electrons. The molecule has 2 aliphatic heterocycles. The first-order valence-corrected chi connectivity index (χ1v) is 8.36. The molecule has 0 aliphatic carbocycles. The molecule has 1 aromatic rings. The van der Waals surface area contributed by atoms with E-state index >= 15 is 0 Å². The molecule has 116 valence electrons. The predicted octanol–water partition coefficient (Wildman–Crippen LogP) is 3.52. The number of fused-ring (bicyclic) bond motifs is 1. The number of piperazine rings is 1. The van der Waals surface area contributed by atoms with E-state index in [0.29, 0.717) is 12.0 Å². The molecule has 1 aromatic carbocycles. The van der Waals surface area contributed by atoms with E-state index in [1.165, 1.54) is 44.5 Å². The zero-order valence-corrected chi connectivity index (χ0v) is 13.3. The van der Waals surface area contributed by atoms with Crippen molar-refractivity contribution in [3.05, 3.63) is 35.6 Å². The van der Waals surface area contributed by atoms with Crippen LogP contribution in [0.1, 0.15) is 38.7 Å². The summed E-state index contributed by atoms with van der Waals surface area (Å²) in [6, 6.07) is 8.37. The molecule has 0 saturated carbocycles. The molecule has 2 nitrogen and oxygen atoms in total. The third-order valence-electron chi connectivity index (χ3n) is 5.15. The Balaban J connectivity index is 1.72. The topological polar surface area (TPSA) is 6.48 Å². The van der Waals surface area contributed by atoms with Gasteiger partial charge in [0.05, 0.1) is 0 Å². The molecule has 2 fully saturated rings. The van der Waals surface area contributed by atoms with Gasteiger partial charge in [0.25, 0.3) is 0 Å². The number of hydrogen-bond donors (Lipinski definition) is 0. The molecule has 0 N–H and O–H groups in total. The highest BCUT2D eigenvalue weighted by molar-refractivity contribution is 5.16. The maximum Gasteiger partial charge on any atom is 0.123 e.